The van der Waals surface area contributed by atoms with E-state index >= 15 is 0 Å². The number of ketones is 1. The van der Waals surface area contributed by atoms with E-state index in [1.54, 1.807) is 20.8 Å². The quantitative estimate of drug-likeness (QED) is 0.677. The number of hydrogen-bond donors (Lipinski definition) is 0. The van der Waals surface area contributed by atoms with E-state index in [2.05, 4.69) is 0 Å². The topological polar surface area (TPSA) is 46.6 Å². The first kappa shape index (κ1) is 14.8. The van der Waals surface area contributed by atoms with Crippen molar-refractivity contribution in [3.63, 3.8) is 0 Å². The number of alkyl halides is 3. The van der Waals surface area contributed by atoms with E-state index in [0.29, 0.717) is 4.90 Å². The van der Waals surface area contributed by atoms with Crippen LogP contribution in [0.1, 0.15) is 33.6 Å². The number of nitrogens with zero attached hydrogens (tertiary/aromatic N) is 1. The molecular formula is C11H16F3NO3. The lowest BCUT2D eigenvalue weighted by molar-refractivity contribution is -0.187. The number of carbonyl (C=O) groups is 2. The van der Waals surface area contributed by atoms with Gasteiger partial charge in [0.25, 0.3) is 0 Å². The molecule has 1 aliphatic heterocycles. The Bertz CT molecular complexity index is 346. The van der Waals surface area contributed by atoms with E-state index in [4.69, 9.17) is 4.74 Å². The number of carbonyl (C=O) groups excluding carboxylic acids is 2. The van der Waals surface area contributed by atoms with Crippen molar-refractivity contribution in [2.45, 2.75) is 51.4 Å². The van der Waals surface area contributed by atoms with Crippen LogP contribution in [0.3, 0.4) is 0 Å². The Labute approximate surface area is 103 Å². The van der Waals surface area contributed by atoms with E-state index in [-0.39, 0.29) is 12.2 Å². The fourth-order valence-electron chi connectivity index (χ4n) is 1.69. The first-order chi connectivity index (χ1) is 8.00. The molecule has 1 fully saturated rings. The Morgan fingerprint density at radius 3 is 2.33 bits per heavy atom. The van der Waals surface area contributed by atoms with Crippen LogP contribution in [0.2, 0.25) is 0 Å². The van der Waals surface area contributed by atoms with Crippen LogP contribution in [0.25, 0.3) is 0 Å². The second kappa shape index (κ2) is 4.78. The number of Topliss-reactive ketones (excluding diaryl/α,β-unsaturated/α-hetero) is 1. The summed E-state index contributed by atoms with van der Waals surface area (Å²) in [5, 5.41) is 0. The molecule has 0 aromatic carbocycles. The van der Waals surface area contributed by atoms with Gasteiger partial charge in [0, 0.05) is 6.42 Å². The third-order valence-electron chi connectivity index (χ3n) is 2.43. The number of likely N-dealkylation sites (tertiary alicyclic amines) is 1. The van der Waals surface area contributed by atoms with Crippen LogP contribution >= 0.6 is 0 Å². The van der Waals surface area contributed by atoms with E-state index < -0.39 is 36.9 Å². The molecule has 0 aliphatic carbocycles. The van der Waals surface area contributed by atoms with Crippen LogP contribution in [0.5, 0.6) is 0 Å². The van der Waals surface area contributed by atoms with Crippen molar-refractivity contribution in [3.8, 4) is 0 Å². The van der Waals surface area contributed by atoms with Crippen LogP contribution < -0.4 is 0 Å². The van der Waals surface area contributed by atoms with E-state index in [9.17, 15) is 22.8 Å². The fraction of sp³-hybridized carbons (Fsp3) is 0.818. The lowest BCUT2D eigenvalue weighted by Crippen LogP contribution is -2.54. The van der Waals surface area contributed by atoms with E-state index in [1.165, 1.54) is 0 Å². The molecule has 18 heavy (non-hydrogen) atoms. The summed E-state index contributed by atoms with van der Waals surface area (Å²) in [6.45, 7) is 4.12. The molecular weight excluding hydrogens is 251 g/mol. The summed E-state index contributed by atoms with van der Waals surface area (Å²) < 4.78 is 43.1. The number of piperidine rings is 1. The van der Waals surface area contributed by atoms with Gasteiger partial charge >= 0.3 is 12.3 Å². The highest BCUT2D eigenvalue weighted by atomic mass is 19.4. The van der Waals surface area contributed by atoms with Gasteiger partial charge < -0.3 is 4.74 Å². The molecule has 1 rings (SSSR count). The third-order valence-corrected chi connectivity index (χ3v) is 2.43. The number of halogens is 3. The number of rotatable bonds is 0. The number of ether oxygens (including phenoxy) is 1. The minimum Gasteiger partial charge on any atom is -0.444 e. The summed E-state index contributed by atoms with van der Waals surface area (Å²) in [5.41, 5.74) is -0.895. The standard InChI is InChI=1S/C11H16F3NO3/c1-10(2,3)18-9(17)15-6-7(16)4-5-8(15)11(12,13)14/h8H,4-6H2,1-3H3. The summed E-state index contributed by atoms with van der Waals surface area (Å²) in [6, 6.07) is -1.94. The Morgan fingerprint density at radius 1 is 1.33 bits per heavy atom. The number of hydrogen-bond acceptors (Lipinski definition) is 3. The minimum absolute atomic E-state index is 0.163. The molecule has 4 nitrogen and oxygen atoms in total. The predicted octanol–water partition coefficient (Wildman–Crippen LogP) is 2.52. The lowest BCUT2D eigenvalue weighted by atomic mass is 10.0. The van der Waals surface area contributed by atoms with Gasteiger partial charge in [0.2, 0.25) is 0 Å². The van der Waals surface area contributed by atoms with Gasteiger partial charge in [-0.1, -0.05) is 0 Å². The molecule has 7 heteroatoms. The summed E-state index contributed by atoms with van der Waals surface area (Å²) in [5.74, 6) is -0.388. The van der Waals surface area contributed by atoms with E-state index in [0.717, 1.165) is 0 Å². The first-order valence-corrected chi connectivity index (χ1v) is 5.59. The highest BCUT2D eigenvalue weighted by molar-refractivity contribution is 5.85. The van der Waals surface area contributed by atoms with Crippen molar-refractivity contribution < 1.29 is 27.5 Å². The second-order valence-electron chi connectivity index (χ2n) is 5.24. The van der Waals surface area contributed by atoms with Crippen molar-refractivity contribution in [2.75, 3.05) is 6.54 Å². The van der Waals surface area contributed by atoms with Crippen molar-refractivity contribution in [1.29, 1.82) is 0 Å². The Kier molecular flexibility index (Phi) is 3.92. The highest BCUT2D eigenvalue weighted by Gasteiger charge is 2.48. The molecule has 1 aliphatic rings. The zero-order chi connectivity index (χ0) is 14.1. The highest BCUT2D eigenvalue weighted by Crippen LogP contribution is 2.31. The van der Waals surface area contributed by atoms with Crippen molar-refractivity contribution in [3.05, 3.63) is 0 Å². The summed E-state index contributed by atoms with van der Waals surface area (Å²) >= 11 is 0. The zero-order valence-electron chi connectivity index (χ0n) is 10.5. The maximum Gasteiger partial charge on any atom is 0.411 e. The molecule has 1 atom stereocenters. The third kappa shape index (κ3) is 3.89. The molecule has 0 aromatic rings. The smallest absolute Gasteiger partial charge is 0.411 e. The van der Waals surface area contributed by atoms with Gasteiger partial charge in [0.1, 0.15) is 11.6 Å². The molecule has 0 N–H and O–H groups in total. The molecule has 1 saturated heterocycles. The maximum atomic E-state index is 12.8. The maximum absolute atomic E-state index is 12.8. The Hall–Kier alpha value is -1.27. The van der Waals surface area contributed by atoms with Crippen LogP contribution in [0.4, 0.5) is 18.0 Å². The predicted molar refractivity (Wildman–Crippen MR) is 57.0 cm³/mol. The van der Waals surface area contributed by atoms with Gasteiger partial charge in [-0.25, -0.2) is 4.79 Å². The average Bonchev–Trinajstić information content (AvgIpc) is 2.12. The summed E-state index contributed by atoms with van der Waals surface area (Å²) in [7, 11) is 0. The molecule has 0 spiro atoms. The lowest BCUT2D eigenvalue weighted by Gasteiger charge is -2.36. The monoisotopic (exact) mass is 267 g/mol. The van der Waals surface area contributed by atoms with E-state index in [1.807, 2.05) is 0 Å². The molecule has 0 radical (unpaired) electrons. The molecule has 1 amide bonds. The fourth-order valence-corrected chi connectivity index (χ4v) is 1.69. The zero-order valence-corrected chi connectivity index (χ0v) is 10.5. The van der Waals surface area contributed by atoms with Gasteiger partial charge in [0.15, 0.2) is 5.78 Å². The van der Waals surface area contributed by atoms with Gasteiger partial charge in [0.05, 0.1) is 6.54 Å². The van der Waals surface area contributed by atoms with Gasteiger partial charge in [-0.2, -0.15) is 13.2 Å². The second-order valence-corrected chi connectivity index (χ2v) is 5.24. The van der Waals surface area contributed by atoms with Crippen LogP contribution in [-0.4, -0.2) is 41.1 Å². The van der Waals surface area contributed by atoms with Gasteiger partial charge in [-0.3, -0.25) is 9.69 Å². The van der Waals surface area contributed by atoms with Crippen molar-refractivity contribution in [2.24, 2.45) is 0 Å². The molecule has 0 aromatic heterocycles. The Balaban J connectivity index is 2.86. The largest absolute Gasteiger partial charge is 0.444 e. The van der Waals surface area contributed by atoms with Gasteiger partial charge in [-0.05, 0) is 27.2 Å². The normalized spacial score (nSPS) is 22.0. The first-order valence-electron chi connectivity index (χ1n) is 5.59. The van der Waals surface area contributed by atoms with Crippen LogP contribution in [-0.2, 0) is 9.53 Å². The van der Waals surface area contributed by atoms with Crippen molar-refractivity contribution >= 4 is 11.9 Å². The molecule has 1 unspecified atom stereocenters. The Morgan fingerprint density at radius 2 is 1.89 bits per heavy atom. The SMILES string of the molecule is CC(C)(C)OC(=O)N1CC(=O)CCC1C(F)(F)F. The summed E-state index contributed by atoms with van der Waals surface area (Å²) in [4.78, 5) is 23.3. The number of amides is 1. The van der Waals surface area contributed by atoms with Gasteiger partial charge in [-0.15, -0.1) is 0 Å². The molecule has 0 saturated carbocycles. The molecule has 104 valence electrons. The minimum atomic E-state index is -4.54. The van der Waals surface area contributed by atoms with Crippen LogP contribution in [0, 0.1) is 0 Å². The van der Waals surface area contributed by atoms with Crippen LogP contribution in [0.15, 0.2) is 0 Å². The molecule has 0 bridgehead atoms. The molecule has 1 heterocycles. The van der Waals surface area contributed by atoms with Crippen molar-refractivity contribution in [1.82, 2.24) is 4.90 Å². The average molecular weight is 267 g/mol. The summed E-state index contributed by atoms with van der Waals surface area (Å²) in [6.07, 6.45) is -6.21.